The molecule has 0 aromatic carbocycles. The van der Waals surface area contributed by atoms with Gasteiger partial charge in [-0.2, -0.15) is 15.3 Å². The highest BCUT2D eigenvalue weighted by Crippen LogP contribution is 2.38. The number of nitriles is 1. The Kier molecular flexibility index (Phi) is 5.71. The van der Waals surface area contributed by atoms with Gasteiger partial charge in [-0.15, -0.1) is 11.3 Å². The molecule has 0 amide bonds. The number of aromatic nitrogens is 4. The molecule has 3 aromatic heterocycles. The van der Waals surface area contributed by atoms with Crippen molar-refractivity contribution in [3.8, 4) is 6.07 Å². The maximum atomic E-state index is 9.30. The van der Waals surface area contributed by atoms with Gasteiger partial charge in [0.15, 0.2) is 5.82 Å². The maximum absolute atomic E-state index is 9.30. The Labute approximate surface area is 190 Å². The van der Waals surface area contributed by atoms with E-state index in [2.05, 4.69) is 38.8 Å². The van der Waals surface area contributed by atoms with Crippen molar-refractivity contribution in [1.29, 1.82) is 5.26 Å². The van der Waals surface area contributed by atoms with Crippen LogP contribution in [0.5, 0.6) is 0 Å². The van der Waals surface area contributed by atoms with E-state index in [-0.39, 0.29) is 12.1 Å². The van der Waals surface area contributed by atoms with Crippen molar-refractivity contribution >= 4 is 39.1 Å². The van der Waals surface area contributed by atoms with Crippen molar-refractivity contribution in [3.05, 3.63) is 23.2 Å². The van der Waals surface area contributed by atoms with Gasteiger partial charge in [-0.1, -0.05) is 12.8 Å². The number of anilines is 3. The second-order valence-electron chi connectivity index (χ2n) is 8.98. The zero-order valence-corrected chi connectivity index (χ0v) is 19.0. The minimum absolute atomic E-state index is 0.0350. The van der Waals surface area contributed by atoms with Gasteiger partial charge in [0.2, 0.25) is 5.95 Å². The Morgan fingerprint density at radius 1 is 1.41 bits per heavy atom. The molecule has 3 atom stereocenters. The number of nitrogens with one attached hydrogen (secondary N) is 3. The normalized spacial score (nSPS) is 25.3. The lowest BCUT2D eigenvalue weighted by Gasteiger charge is -2.49. The third-order valence-corrected chi connectivity index (χ3v) is 7.59. The summed E-state index contributed by atoms with van der Waals surface area (Å²) in [6.45, 7) is -0.0904. The molecule has 6 rings (SSSR count). The molecule has 0 spiro atoms. The van der Waals surface area contributed by atoms with Crippen LogP contribution in [0.25, 0.3) is 10.2 Å². The van der Waals surface area contributed by atoms with Gasteiger partial charge >= 0.3 is 0 Å². The molecule has 1 saturated carbocycles. The Bertz CT molecular complexity index is 1130. The van der Waals surface area contributed by atoms with E-state index in [1.54, 1.807) is 17.4 Å². The van der Waals surface area contributed by atoms with Crippen LogP contribution in [0.4, 0.5) is 17.6 Å². The molecule has 1 unspecified atom stereocenters. The number of nitrogens with zero attached hydrogens (tertiary/aromatic N) is 5. The molecule has 3 aromatic rings. The summed E-state index contributed by atoms with van der Waals surface area (Å²) < 4.78 is 0. The number of rotatable bonds is 6. The van der Waals surface area contributed by atoms with Gasteiger partial charge < -0.3 is 20.6 Å². The van der Waals surface area contributed by atoms with Crippen molar-refractivity contribution in [1.82, 2.24) is 25.5 Å². The van der Waals surface area contributed by atoms with Gasteiger partial charge in [0, 0.05) is 30.7 Å². The molecule has 3 aliphatic rings. The summed E-state index contributed by atoms with van der Waals surface area (Å²) in [5.74, 6) is 2.03. The number of fused-ring (bicyclic) bond motifs is 6. The highest BCUT2D eigenvalue weighted by atomic mass is 32.1. The molecule has 4 N–H and O–H groups in total. The number of aliphatic hydroxyl groups is 1. The van der Waals surface area contributed by atoms with Crippen LogP contribution in [0, 0.1) is 11.3 Å². The zero-order chi connectivity index (χ0) is 22.1. The fourth-order valence-corrected chi connectivity index (χ4v) is 5.85. The predicted octanol–water partition coefficient (Wildman–Crippen LogP) is 3.43. The quantitative estimate of drug-likeness (QED) is 0.448. The van der Waals surface area contributed by atoms with E-state index in [0.29, 0.717) is 41.8 Å². The van der Waals surface area contributed by atoms with Gasteiger partial charge in [0.05, 0.1) is 30.2 Å². The third-order valence-electron chi connectivity index (χ3n) is 6.79. The lowest BCUT2D eigenvalue weighted by molar-refractivity contribution is 0.120. The molecular formula is C22H28N8OS. The Hall–Kier alpha value is -2.74. The first-order chi connectivity index (χ1) is 15.6. The Balaban J connectivity index is 1.38. The molecule has 3 fully saturated rings. The molecule has 9 nitrogen and oxygen atoms in total. The lowest BCUT2D eigenvalue weighted by Crippen LogP contribution is -2.64. The van der Waals surface area contributed by atoms with Crippen molar-refractivity contribution in [2.75, 3.05) is 17.3 Å². The summed E-state index contributed by atoms with van der Waals surface area (Å²) in [4.78, 5) is 12.9. The standard InChI is InChI=1S/C22H28N8OS/c1-30(16-4-2-3-6-22(7-8-23)12-14(10-16)27-22)21-25-19(17-5-9-32-20(17)26-21)24-18-11-15(13-31)28-29-18/h5,9,11,14,16,27,31H,2-4,6-7,10,12-13H2,1H3,(H2,24,25,26,28,29)/t14-,16-,22?/m0/s1. The number of hydrogen-bond donors (Lipinski definition) is 4. The van der Waals surface area contributed by atoms with Gasteiger partial charge in [0.25, 0.3) is 0 Å². The summed E-state index contributed by atoms with van der Waals surface area (Å²) in [6, 6.07) is 6.94. The fourth-order valence-electron chi connectivity index (χ4n) is 5.09. The maximum Gasteiger partial charge on any atom is 0.228 e. The molecule has 5 heterocycles. The number of H-pyrrole nitrogens is 1. The molecular weight excluding hydrogens is 424 g/mol. The third kappa shape index (κ3) is 4.03. The molecule has 32 heavy (non-hydrogen) atoms. The van der Waals surface area contributed by atoms with E-state index in [4.69, 9.17) is 9.97 Å². The first-order valence-corrected chi connectivity index (χ1v) is 12.0. The second-order valence-corrected chi connectivity index (χ2v) is 9.87. The van der Waals surface area contributed by atoms with Gasteiger partial charge in [-0.3, -0.25) is 5.10 Å². The van der Waals surface area contributed by atoms with Crippen LogP contribution in [0.15, 0.2) is 17.5 Å². The van der Waals surface area contributed by atoms with E-state index < -0.39 is 0 Å². The summed E-state index contributed by atoms with van der Waals surface area (Å²) in [6.07, 6.45) is 7.15. The van der Waals surface area contributed by atoms with E-state index in [0.717, 1.165) is 48.7 Å². The van der Waals surface area contributed by atoms with Crippen molar-refractivity contribution in [3.63, 3.8) is 0 Å². The first-order valence-electron chi connectivity index (χ1n) is 11.1. The minimum atomic E-state index is -0.0904. The van der Waals surface area contributed by atoms with Gasteiger partial charge in [-0.05, 0) is 37.1 Å². The number of thiophene rings is 1. The van der Waals surface area contributed by atoms with Crippen LogP contribution in [-0.2, 0) is 6.61 Å². The number of aliphatic hydroxyl groups excluding tert-OH is 1. The highest BCUT2D eigenvalue weighted by Gasteiger charge is 2.44. The van der Waals surface area contributed by atoms with Crippen LogP contribution >= 0.6 is 11.3 Å². The summed E-state index contributed by atoms with van der Waals surface area (Å²) in [7, 11) is 2.08. The van der Waals surface area contributed by atoms with Crippen LogP contribution < -0.4 is 15.5 Å². The molecule has 2 aliphatic heterocycles. The average molecular weight is 453 g/mol. The van der Waals surface area contributed by atoms with Crippen molar-refractivity contribution < 1.29 is 5.11 Å². The Morgan fingerprint density at radius 3 is 3.06 bits per heavy atom. The number of aromatic amines is 1. The van der Waals surface area contributed by atoms with E-state index in [1.165, 1.54) is 0 Å². The second kappa shape index (κ2) is 8.65. The van der Waals surface area contributed by atoms with E-state index in [9.17, 15) is 10.4 Å². The van der Waals surface area contributed by atoms with Crippen LogP contribution in [0.1, 0.15) is 50.6 Å². The van der Waals surface area contributed by atoms with E-state index >= 15 is 0 Å². The average Bonchev–Trinajstić information content (AvgIpc) is 3.44. The van der Waals surface area contributed by atoms with Crippen molar-refractivity contribution in [2.24, 2.45) is 0 Å². The monoisotopic (exact) mass is 452 g/mol. The van der Waals surface area contributed by atoms with E-state index in [1.807, 2.05) is 11.4 Å². The summed E-state index contributed by atoms with van der Waals surface area (Å²) in [5, 5.41) is 35.5. The van der Waals surface area contributed by atoms with Gasteiger partial charge in [0.1, 0.15) is 10.6 Å². The highest BCUT2D eigenvalue weighted by molar-refractivity contribution is 7.16. The molecule has 0 radical (unpaired) electrons. The molecule has 2 bridgehead atoms. The molecule has 2 saturated heterocycles. The van der Waals surface area contributed by atoms with Gasteiger partial charge in [-0.25, -0.2) is 4.98 Å². The largest absolute Gasteiger partial charge is 0.390 e. The Morgan fingerprint density at radius 2 is 2.28 bits per heavy atom. The van der Waals surface area contributed by atoms with Crippen LogP contribution in [0.3, 0.4) is 0 Å². The van der Waals surface area contributed by atoms with Crippen molar-refractivity contribution in [2.45, 2.75) is 69.2 Å². The topological polar surface area (TPSA) is 126 Å². The SMILES string of the molecule is CN(c1nc(Nc2cc(CO)[nH]n2)c2ccsc2n1)[C@H]1CCCCC2(CC#N)C[C@H](C1)N2. The smallest absolute Gasteiger partial charge is 0.228 e. The van der Waals surface area contributed by atoms with Crippen LogP contribution in [-0.4, -0.2) is 49.9 Å². The molecule has 1 aliphatic carbocycles. The molecule has 168 valence electrons. The number of hydrogen-bond acceptors (Lipinski definition) is 9. The summed E-state index contributed by atoms with van der Waals surface area (Å²) >= 11 is 1.60. The van der Waals surface area contributed by atoms with Crippen LogP contribution in [0.2, 0.25) is 0 Å². The lowest BCUT2D eigenvalue weighted by atomic mass is 9.75. The summed E-state index contributed by atoms with van der Waals surface area (Å²) in [5.41, 5.74) is 0.680. The predicted molar refractivity (Wildman–Crippen MR) is 125 cm³/mol. The minimum Gasteiger partial charge on any atom is -0.390 e. The fraction of sp³-hybridized carbons (Fsp3) is 0.545. The first kappa shape index (κ1) is 21.1. The molecule has 10 heteroatoms. The zero-order valence-electron chi connectivity index (χ0n) is 18.1.